The monoisotopic (exact) mass is 373 g/mol. The van der Waals surface area contributed by atoms with Gasteiger partial charge in [0.1, 0.15) is 5.75 Å². The fourth-order valence-corrected chi connectivity index (χ4v) is 4.63. The molecular formula is C21H27NO3S. The Hall–Kier alpha value is -1.69. The van der Waals surface area contributed by atoms with Crippen LogP contribution in [0.5, 0.6) is 5.75 Å². The van der Waals surface area contributed by atoms with Gasteiger partial charge in [0.25, 0.3) is 0 Å². The molecule has 4 nitrogen and oxygen atoms in total. The summed E-state index contributed by atoms with van der Waals surface area (Å²) in [5, 5.41) is 2.01. The Kier molecular flexibility index (Phi) is 6.46. The zero-order valence-electron chi connectivity index (χ0n) is 15.8. The van der Waals surface area contributed by atoms with Gasteiger partial charge in [-0.3, -0.25) is 9.69 Å². The van der Waals surface area contributed by atoms with Gasteiger partial charge in [0.05, 0.1) is 18.6 Å². The highest BCUT2D eigenvalue weighted by Gasteiger charge is 2.28. The summed E-state index contributed by atoms with van der Waals surface area (Å²) in [4.78, 5) is 16.2. The van der Waals surface area contributed by atoms with Crippen molar-refractivity contribution in [1.29, 1.82) is 0 Å². The summed E-state index contributed by atoms with van der Waals surface area (Å²) in [6, 6.07) is 8.29. The largest absolute Gasteiger partial charge is 0.496 e. The Bertz CT molecular complexity index is 755. The van der Waals surface area contributed by atoms with E-state index in [9.17, 15) is 4.79 Å². The minimum Gasteiger partial charge on any atom is -0.496 e. The SMILES string of the molecule is COCc1cc(CN2CCC[C@H](C(=O)c3sccc3C)C2)ccc1OC. The number of carbonyl (C=O) groups is 1. The predicted octanol–water partition coefficient (Wildman–Crippen LogP) is 4.31. The summed E-state index contributed by atoms with van der Waals surface area (Å²) in [5.74, 6) is 1.28. The van der Waals surface area contributed by atoms with Crippen LogP contribution in [0, 0.1) is 12.8 Å². The molecule has 0 amide bonds. The first-order valence-corrected chi connectivity index (χ1v) is 9.95. The van der Waals surface area contributed by atoms with Crippen molar-refractivity contribution in [3.63, 3.8) is 0 Å². The molecule has 1 aliphatic heterocycles. The van der Waals surface area contributed by atoms with Crippen LogP contribution in [0.2, 0.25) is 0 Å². The Morgan fingerprint density at radius 3 is 2.85 bits per heavy atom. The quantitative estimate of drug-likeness (QED) is 0.678. The number of thiophene rings is 1. The number of benzene rings is 1. The molecule has 2 aromatic rings. The van der Waals surface area contributed by atoms with E-state index in [0.29, 0.717) is 12.4 Å². The molecule has 140 valence electrons. The molecule has 1 aromatic heterocycles. The molecule has 1 saturated heterocycles. The Balaban J connectivity index is 1.68. The van der Waals surface area contributed by atoms with Crippen molar-refractivity contribution in [3.05, 3.63) is 51.2 Å². The first-order valence-electron chi connectivity index (χ1n) is 9.07. The number of rotatable bonds is 7. The highest BCUT2D eigenvalue weighted by molar-refractivity contribution is 7.12. The van der Waals surface area contributed by atoms with Crippen molar-refractivity contribution in [1.82, 2.24) is 4.90 Å². The Morgan fingerprint density at radius 1 is 1.31 bits per heavy atom. The zero-order valence-corrected chi connectivity index (χ0v) is 16.6. The van der Waals surface area contributed by atoms with E-state index in [1.54, 1.807) is 25.6 Å². The van der Waals surface area contributed by atoms with Gasteiger partial charge in [-0.1, -0.05) is 6.07 Å². The van der Waals surface area contributed by atoms with Gasteiger partial charge in [-0.2, -0.15) is 0 Å². The molecular weight excluding hydrogens is 346 g/mol. The van der Waals surface area contributed by atoms with Crippen LogP contribution in [0.4, 0.5) is 0 Å². The number of methoxy groups -OCH3 is 2. The molecule has 0 aliphatic carbocycles. The average Bonchev–Trinajstić information content (AvgIpc) is 3.08. The molecule has 0 spiro atoms. The molecule has 1 fully saturated rings. The normalized spacial score (nSPS) is 18.0. The maximum Gasteiger partial charge on any atom is 0.177 e. The lowest BCUT2D eigenvalue weighted by atomic mass is 9.91. The van der Waals surface area contributed by atoms with Gasteiger partial charge < -0.3 is 9.47 Å². The molecule has 1 atom stereocenters. The smallest absolute Gasteiger partial charge is 0.177 e. The summed E-state index contributed by atoms with van der Waals surface area (Å²) in [7, 11) is 3.38. The van der Waals surface area contributed by atoms with Crippen molar-refractivity contribution in [2.24, 2.45) is 5.92 Å². The van der Waals surface area contributed by atoms with E-state index in [2.05, 4.69) is 17.0 Å². The minimum atomic E-state index is 0.109. The summed E-state index contributed by atoms with van der Waals surface area (Å²) in [6.07, 6.45) is 2.06. The average molecular weight is 374 g/mol. The maximum absolute atomic E-state index is 12.9. The molecule has 0 radical (unpaired) electrons. The minimum absolute atomic E-state index is 0.109. The number of aryl methyl sites for hydroxylation is 1. The van der Waals surface area contributed by atoms with Crippen LogP contribution in [0.1, 0.15) is 39.2 Å². The number of ketones is 1. The lowest BCUT2D eigenvalue weighted by Crippen LogP contribution is -2.38. The molecule has 0 bridgehead atoms. The van der Waals surface area contributed by atoms with Gasteiger partial charge in [0.2, 0.25) is 0 Å². The fourth-order valence-electron chi connectivity index (χ4n) is 3.68. The first kappa shape index (κ1) is 19.1. The molecule has 1 aromatic carbocycles. The molecule has 1 aliphatic rings. The lowest BCUT2D eigenvalue weighted by Gasteiger charge is -2.32. The zero-order chi connectivity index (χ0) is 18.5. The van der Waals surface area contributed by atoms with Crippen molar-refractivity contribution in [2.45, 2.75) is 32.9 Å². The number of nitrogens with zero attached hydrogens (tertiary/aromatic N) is 1. The van der Waals surface area contributed by atoms with Gasteiger partial charge in [0, 0.05) is 31.7 Å². The number of hydrogen-bond donors (Lipinski definition) is 0. The number of Topliss-reactive ketones (excluding diaryl/α,β-unsaturated/α-hetero) is 1. The molecule has 2 heterocycles. The van der Waals surface area contributed by atoms with Gasteiger partial charge in [0.15, 0.2) is 5.78 Å². The van der Waals surface area contributed by atoms with Crippen LogP contribution in [0.25, 0.3) is 0 Å². The Labute approximate surface area is 159 Å². The number of ether oxygens (including phenoxy) is 2. The number of carbonyl (C=O) groups excluding carboxylic acids is 1. The van der Waals surface area contributed by atoms with E-state index in [1.807, 2.05) is 24.4 Å². The molecule has 0 saturated carbocycles. The molecule has 0 unspecified atom stereocenters. The van der Waals surface area contributed by atoms with E-state index in [0.717, 1.165) is 54.2 Å². The van der Waals surface area contributed by atoms with Crippen LogP contribution in [0.15, 0.2) is 29.6 Å². The van der Waals surface area contributed by atoms with E-state index in [-0.39, 0.29) is 5.92 Å². The van der Waals surface area contributed by atoms with Gasteiger partial charge in [-0.15, -0.1) is 11.3 Å². The molecule has 5 heteroatoms. The van der Waals surface area contributed by atoms with E-state index < -0.39 is 0 Å². The first-order chi connectivity index (χ1) is 12.6. The second-order valence-electron chi connectivity index (χ2n) is 6.95. The molecule has 0 N–H and O–H groups in total. The van der Waals surface area contributed by atoms with E-state index in [4.69, 9.17) is 9.47 Å². The fraction of sp³-hybridized carbons (Fsp3) is 0.476. The summed E-state index contributed by atoms with van der Waals surface area (Å²) < 4.78 is 10.7. The summed E-state index contributed by atoms with van der Waals surface area (Å²) in [5.41, 5.74) is 3.40. The van der Waals surface area contributed by atoms with Crippen LogP contribution in [-0.4, -0.2) is 38.0 Å². The van der Waals surface area contributed by atoms with E-state index >= 15 is 0 Å². The van der Waals surface area contributed by atoms with Crippen LogP contribution in [0.3, 0.4) is 0 Å². The predicted molar refractivity (Wildman–Crippen MR) is 105 cm³/mol. The highest BCUT2D eigenvalue weighted by atomic mass is 32.1. The van der Waals surface area contributed by atoms with Gasteiger partial charge in [-0.25, -0.2) is 0 Å². The van der Waals surface area contributed by atoms with Crippen LogP contribution < -0.4 is 4.74 Å². The van der Waals surface area contributed by atoms with Gasteiger partial charge >= 0.3 is 0 Å². The second-order valence-corrected chi connectivity index (χ2v) is 7.87. The van der Waals surface area contributed by atoms with Crippen molar-refractivity contribution < 1.29 is 14.3 Å². The third kappa shape index (κ3) is 4.34. The summed E-state index contributed by atoms with van der Waals surface area (Å²) in [6.45, 7) is 5.30. The number of piperidine rings is 1. The van der Waals surface area contributed by atoms with E-state index in [1.165, 1.54) is 5.56 Å². The topological polar surface area (TPSA) is 38.8 Å². The third-order valence-electron chi connectivity index (χ3n) is 5.01. The number of hydrogen-bond acceptors (Lipinski definition) is 5. The second kappa shape index (κ2) is 8.80. The number of likely N-dealkylation sites (tertiary alicyclic amines) is 1. The maximum atomic E-state index is 12.9. The summed E-state index contributed by atoms with van der Waals surface area (Å²) >= 11 is 1.57. The molecule has 3 rings (SSSR count). The van der Waals surface area contributed by atoms with Crippen LogP contribution in [-0.2, 0) is 17.9 Å². The standard InChI is InChI=1S/C21H27NO3S/c1-15-8-10-26-21(15)20(23)17-5-4-9-22(13-17)12-16-6-7-19(25-3)18(11-16)14-24-2/h6-8,10-11,17H,4-5,9,12-14H2,1-3H3/t17-/m0/s1. The van der Waals surface area contributed by atoms with Crippen molar-refractivity contribution in [3.8, 4) is 5.75 Å². The highest BCUT2D eigenvalue weighted by Crippen LogP contribution is 2.27. The lowest BCUT2D eigenvalue weighted by molar-refractivity contribution is 0.0815. The molecule has 26 heavy (non-hydrogen) atoms. The van der Waals surface area contributed by atoms with Crippen LogP contribution >= 0.6 is 11.3 Å². The Morgan fingerprint density at radius 2 is 2.15 bits per heavy atom. The van der Waals surface area contributed by atoms with Gasteiger partial charge in [-0.05, 0) is 61.0 Å². The van der Waals surface area contributed by atoms with Crippen molar-refractivity contribution in [2.75, 3.05) is 27.3 Å². The van der Waals surface area contributed by atoms with Crippen molar-refractivity contribution >= 4 is 17.1 Å². The third-order valence-corrected chi connectivity index (χ3v) is 6.04.